The molecule has 0 aromatic carbocycles. The molecule has 2 unspecified atom stereocenters. The number of aromatic nitrogens is 1. The molecule has 1 aromatic heterocycles. The summed E-state index contributed by atoms with van der Waals surface area (Å²) >= 11 is 0. The summed E-state index contributed by atoms with van der Waals surface area (Å²) in [5.41, 5.74) is 6.69. The molecule has 0 spiro atoms. The van der Waals surface area contributed by atoms with Gasteiger partial charge in [-0.15, -0.1) is 0 Å². The highest BCUT2D eigenvalue weighted by atomic mass is 16.5. The van der Waals surface area contributed by atoms with Crippen molar-refractivity contribution in [1.29, 1.82) is 0 Å². The average molecular weight is 279 g/mol. The predicted molar refractivity (Wildman–Crippen MR) is 76.7 cm³/mol. The van der Waals surface area contributed by atoms with Gasteiger partial charge < -0.3 is 20.5 Å². The molecule has 1 fully saturated rings. The Morgan fingerprint density at radius 1 is 1.55 bits per heavy atom. The number of nitrogens with two attached hydrogens (primary N) is 1. The minimum absolute atomic E-state index is 0.271. The number of nitrogens with one attached hydrogen (secondary N) is 1. The van der Waals surface area contributed by atoms with E-state index in [-0.39, 0.29) is 12.1 Å². The topological polar surface area (TPSA) is 86.5 Å². The summed E-state index contributed by atoms with van der Waals surface area (Å²) in [5, 5.41) is 3.29. The fourth-order valence-corrected chi connectivity index (χ4v) is 2.45. The molecule has 0 radical (unpaired) electrons. The molecule has 20 heavy (non-hydrogen) atoms. The summed E-state index contributed by atoms with van der Waals surface area (Å²) in [6, 6.07) is 1.85. The standard InChI is InChI=1S/C14H21N3O3/c1-3-20-14(18)11-6-7-16-13(12(11)15)17-9-4-5-10(8-9)19-2/h6-7,9-10H,3-5,8,15H2,1-2H3,(H,16,17). The largest absolute Gasteiger partial charge is 0.462 e. The second kappa shape index (κ2) is 6.56. The van der Waals surface area contributed by atoms with Gasteiger partial charge in [-0.1, -0.05) is 0 Å². The van der Waals surface area contributed by atoms with Crippen LogP contribution in [0.2, 0.25) is 0 Å². The van der Waals surface area contributed by atoms with Crippen molar-refractivity contribution in [2.24, 2.45) is 0 Å². The van der Waals surface area contributed by atoms with Crippen molar-refractivity contribution >= 4 is 17.5 Å². The smallest absolute Gasteiger partial charge is 0.340 e. The second-order valence-corrected chi connectivity index (χ2v) is 4.85. The van der Waals surface area contributed by atoms with Gasteiger partial charge in [0.1, 0.15) is 5.82 Å². The van der Waals surface area contributed by atoms with E-state index in [2.05, 4.69) is 10.3 Å². The van der Waals surface area contributed by atoms with E-state index in [0.717, 1.165) is 19.3 Å². The highest BCUT2D eigenvalue weighted by Gasteiger charge is 2.25. The van der Waals surface area contributed by atoms with Gasteiger partial charge in [-0.25, -0.2) is 9.78 Å². The Bertz CT molecular complexity index is 479. The quantitative estimate of drug-likeness (QED) is 0.799. The van der Waals surface area contributed by atoms with E-state index >= 15 is 0 Å². The monoisotopic (exact) mass is 279 g/mol. The minimum Gasteiger partial charge on any atom is -0.462 e. The Kier molecular flexibility index (Phi) is 4.79. The maximum absolute atomic E-state index is 11.8. The average Bonchev–Trinajstić information content (AvgIpc) is 2.89. The number of carbonyl (C=O) groups is 1. The van der Waals surface area contributed by atoms with Crippen LogP contribution in [0.5, 0.6) is 0 Å². The Labute approximate surface area is 118 Å². The molecule has 1 saturated carbocycles. The third kappa shape index (κ3) is 3.19. The van der Waals surface area contributed by atoms with E-state index in [1.165, 1.54) is 0 Å². The maximum Gasteiger partial charge on any atom is 0.340 e. The minimum atomic E-state index is -0.420. The van der Waals surface area contributed by atoms with Gasteiger partial charge in [-0.2, -0.15) is 0 Å². The van der Waals surface area contributed by atoms with Crippen LogP contribution in [0.3, 0.4) is 0 Å². The van der Waals surface area contributed by atoms with Crippen LogP contribution in [-0.4, -0.2) is 36.8 Å². The van der Waals surface area contributed by atoms with Crippen LogP contribution in [0.4, 0.5) is 11.5 Å². The van der Waals surface area contributed by atoms with E-state index in [1.807, 2.05) is 0 Å². The lowest BCUT2D eigenvalue weighted by Gasteiger charge is -2.16. The Morgan fingerprint density at radius 3 is 3.00 bits per heavy atom. The zero-order valence-corrected chi connectivity index (χ0v) is 11.9. The first-order valence-corrected chi connectivity index (χ1v) is 6.86. The number of carbonyl (C=O) groups excluding carboxylic acids is 1. The van der Waals surface area contributed by atoms with Gasteiger partial charge in [-0.05, 0) is 32.3 Å². The van der Waals surface area contributed by atoms with E-state index in [9.17, 15) is 4.79 Å². The first-order valence-electron chi connectivity index (χ1n) is 6.86. The normalized spacial score (nSPS) is 21.7. The van der Waals surface area contributed by atoms with Crippen LogP contribution in [0.25, 0.3) is 0 Å². The van der Waals surface area contributed by atoms with Crippen molar-refractivity contribution in [3.63, 3.8) is 0 Å². The molecule has 1 heterocycles. The zero-order chi connectivity index (χ0) is 14.5. The summed E-state index contributed by atoms with van der Waals surface area (Å²) in [6.45, 7) is 2.08. The van der Waals surface area contributed by atoms with Gasteiger partial charge in [-0.3, -0.25) is 0 Å². The molecule has 3 N–H and O–H groups in total. The van der Waals surface area contributed by atoms with Crippen molar-refractivity contribution in [1.82, 2.24) is 4.98 Å². The summed E-state index contributed by atoms with van der Waals surface area (Å²) in [7, 11) is 1.72. The maximum atomic E-state index is 11.8. The van der Waals surface area contributed by atoms with Gasteiger partial charge in [0.05, 0.1) is 24.0 Å². The van der Waals surface area contributed by atoms with Crippen LogP contribution in [0, 0.1) is 0 Å². The second-order valence-electron chi connectivity index (χ2n) is 4.85. The lowest BCUT2D eigenvalue weighted by atomic mass is 10.2. The molecule has 2 atom stereocenters. The van der Waals surface area contributed by atoms with E-state index < -0.39 is 5.97 Å². The van der Waals surface area contributed by atoms with Crippen LogP contribution >= 0.6 is 0 Å². The third-order valence-electron chi connectivity index (χ3n) is 3.54. The predicted octanol–water partition coefficient (Wildman–Crippen LogP) is 1.82. The van der Waals surface area contributed by atoms with Gasteiger partial charge in [0.2, 0.25) is 0 Å². The van der Waals surface area contributed by atoms with Gasteiger partial charge in [0.15, 0.2) is 0 Å². The molecule has 1 aromatic rings. The fourth-order valence-electron chi connectivity index (χ4n) is 2.45. The first-order chi connectivity index (χ1) is 9.65. The van der Waals surface area contributed by atoms with Crippen LogP contribution in [0.15, 0.2) is 12.3 Å². The van der Waals surface area contributed by atoms with E-state index in [4.69, 9.17) is 15.2 Å². The summed E-state index contributed by atoms with van der Waals surface area (Å²) in [4.78, 5) is 16.0. The van der Waals surface area contributed by atoms with E-state index in [1.54, 1.807) is 26.3 Å². The zero-order valence-electron chi connectivity index (χ0n) is 11.9. The summed E-state index contributed by atoms with van der Waals surface area (Å²) in [5.74, 6) is 0.119. The number of nitrogen functional groups attached to an aromatic ring is 1. The Hall–Kier alpha value is -1.82. The molecular weight excluding hydrogens is 258 g/mol. The number of ether oxygens (including phenoxy) is 2. The van der Waals surface area contributed by atoms with Gasteiger partial charge in [0.25, 0.3) is 0 Å². The lowest BCUT2D eigenvalue weighted by molar-refractivity contribution is 0.0527. The number of hydrogen-bond acceptors (Lipinski definition) is 6. The van der Waals surface area contributed by atoms with E-state index in [0.29, 0.717) is 23.7 Å². The first kappa shape index (κ1) is 14.6. The molecule has 110 valence electrons. The molecule has 0 amide bonds. The number of hydrogen-bond donors (Lipinski definition) is 2. The van der Waals surface area contributed by atoms with Crippen LogP contribution in [0.1, 0.15) is 36.5 Å². The molecule has 0 aliphatic heterocycles. The molecule has 6 heteroatoms. The molecule has 1 aliphatic rings. The van der Waals surface area contributed by atoms with Crippen LogP contribution in [-0.2, 0) is 9.47 Å². The Balaban J connectivity index is 2.09. The molecule has 0 saturated heterocycles. The summed E-state index contributed by atoms with van der Waals surface area (Å²) in [6.07, 6.45) is 4.78. The highest BCUT2D eigenvalue weighted by molar-refractivity contribution is 5.97. The number of anilines is 2. The lowest BCUT2D eigenvalue weighted by Crippen LogP contribution is -2.20. The molecule has 2 rings (SSSR count). The number of pyridine rings is 1. The van der Waals surface area contributed by atoms with Crippen molar-refractivity contribution in [2.75, 3.05) is 24.8 Å². The molecular formula is C14H21N3O3. The highest BCUT2D eigenvalue weighted by Crippen LogP contribution is 2.27. The van der Waals surface area contributed by atoms with Crippen molar-refractivity contribution in [3.8, 4) is 0 Å². The fraction of sp³-hybridized carbons (Fsp3) is 0.571. The number of methoxy groups -OCH3 is 1. The van der Waals surface area contributed by atoms with Crippen LogP contribution < -0.4 is 11.1 Å². The van der Waals surface area contributed by atoms with Gasteiger partial charge in [0, 0.05) is 19.3 Å². The van der Waals surface area contributed by atoms with Crippen molar-refractivity contribution < 1.29 is 14.3 Å². The van der Waals surface area contributed by atoms with Crippen molar-refractivity contribution in [2.45, 2.75) is 38.3 Å². The third-order valence-corrected chi connectivity index (χ3v) is 3.54. The SMILES string of the molecule is CCOC(=O)c1ccnc(NC2CCC(OC)C2)c1N. The van der Waals surface area contributed by atoms with Gasteiger partial charge >= 0.3 is 5.97 Å². The van der Waals surface area contributed by atoms with Crippen molar-refractivity contribution in [3.05, 3.63) is 17.8 Å². The molecule has 6 nitrogen and oxygen atoms in total. The molecule has 1 aliphatic carbocycles. The number of esters is 1. The molecule has 0 bridgehead atoms. The number of rotatable bonds is 5. The Morgan fingerprint density at radius 2 is 2.35 bits per heavy atom. The number of nitrogens with zero attached hydrogens (tertiary/aromatic N) is 1. The summed E-state index contributed by atoms with van der Waals surface area (Å²) < 4.78 is 10.3.